The summed E-state index contributed by atoms with van der Waals surface area (Å²) in [4.78, 5) is 44.4. The molecular weight excluding hydrogens is 623 g/mol. The molecule has 242 valence electrons. The first-order valence-electron chi connectivity index (χ1n) is 13.9. The molecule has 1 aromatic heterocycles. The topological polar surface area (TPSA) is 147 Å². The van der Waals surface area contributed by atoms with Gasteiger partial charge in [-0.1, -0.05) is 18.2 Å². The lowest BCUT2D eigenvalue weighted by atomic mass is 9.96. The number of nitrogens with one attached hydrogen (secondary N) is 2. The lowest BCUT2D eigenvalue weighted by Gasteiger charge is -2.23. The van der Waals surface area contributed by atoms with Gasteiger partial charge >= 0.3 is 12.1 Å². The van der Waals surface area contributed by atoms with Gasteiger partial charge in [-0.15, -0.1) is 0 Å². The van der Waals surface area contributed by atoms with Crippen molar-refractivity contribution in [2.45, 2.75) is 45.6 Å². The molecule has 3 aromatic rings. The number of benzene rings is 2. The minimum atomic E-state index is -4.78. The SMILES string of the molecule is CCOC(=O)[C@H](C)NP(=O)(CCCNC(=O)c1c2c(c(O)c3ncccc13)C(=O)N(Cc1ccc(F)cc1)C2)OCC(F)(F)F. The zero-order valence-electron chi connectivity index (χ0n) is 24.3. The summed E-state index contributed by atoms with van der Waals surface area (Å²) < 4.78 is 74.7. The lowest BCUT2D eigenvalue weighted by Crippen LogP contribution is -2.36. The van der Waals surface area contributed by atoms with Crippen LogP contribution < -0.4 is 10.4 Å². The van der Waals surface area contributed by atoms with Crippen LogP contribution in [0.5, 0.6) is 5.75 Å². The maximum absolute atomic E-state index is 13.5. The normalized spacial score (nSPS) is 15.1. The number of halogens is 4. The number of pyridine rings is 1. The Kier molecular flexibility index (Phi) is 10.5. The highest BCUT2D eigenvalue weighted by atomic mass is 31.2. The highest BCUT2D eigenvalue weighted by molar-refractivity contribution is 7.56. The quantitative estimate of drug-likeness (QED) is 0.104. The number of aromatic nitrogens is 1. The molecule has 0 bridgehead atoms. The summed E-state index contributed by atoms with van der Waals surface area (Å²) in [6, 6.07) is 7.38. The molecule has 4 rings (SSSR count). The number of aromatic hydroxyl groups is 1. The summed E-state index contributed by atoms with van der Waals surface area (Å²) in [6.07, 6.45) is -3.98. The van der Waals surface area contributed by atoms with E-state index in [0.717, 1.165) is 0 Å². The maximum Gasteiger partial charge on any atom is 0.412 e. The van der Waals surface area contributed by atoms with Crippen molar-refractivity contribution in [2.75, 3.05) is 25.9 Å². The number of nitrogens with zero attached hydrogens (tertiary/aromatic N) is 2. The van der Waals surface area contributed by atoms with E-state index in [4.69, 9.17) is 9.26 Å². The molecule has 0 aliphatic carbocycles. The molecule has 0 radical (unpaired) electrons. The van der Waals surface area contributed by atoms with Crippen LogP contribution in [0.1, 0.15) is 52.1 Å². The molecule has 1 aliphatic rings. The van der Waals surface area contributed by atoms with Gasteiger partial charge in [-0.05, 0) is 44.0 Å². The largest absolute Gasteiger partial charge is 0.505 e. The van der Waals surface area contributed by atoms with Gasteiger partial charge in [0.15, 0.2) is 12.4 Å². The van der Waals surface area contributed by atoms with Crippen LogP contribution >= 0.6 is 7.52 Å². The van der Waals surface area contributed by atoms with Crippen LogP contribution in [0.2, 0.25) is 0 Å². The zero-order valence-corrected chi connectivity index (χ0v) is 25.2. The Balaban J connectivity index is 1.52. The van der Waals surface area contributed by atoms with Gasteiger partial charge in [0.1, 0.15) is 17.4 Å². The van der Waals surface area contributed by atoms with Crippen molar-refractivity contribution < 1.29 is 50.9 Å². The van der Waals surface area contributed by atoms with Crippen LogP contribution in [0.15, 0.2) is 42.6 Å². The molecule has 0 spiro atoms. The van der Waals surface area contributed by atoms with Gasteiger partial charge in [-0.3, -0.25) is 23.9 Å². The molecule has 0 saturated heterocycles. The van der Waals surface area contributed by atoms with Gasteiger partial charge < -0.3 is 24.6 Å². The number of amides is 2. The van der Waals surface area contributed by atoms with Crippen LogP contribution in [-0.4, -0.2) is 70.9 Å². The molecule has 0 saturated carbocycles. The number of esters is 1. The summed E-state index contributed by atoms with van der Waals surface area (Å²) in [7, 11) is -4.23. The maximum atomic E-state index is 13.5. The molecular formula is C29H31F4N4O7P. The van der Waals surface area contributed by atoms with E-state index < -0.39 is 61.9 Å². The van der Waals surface area contributed by atoms with Crippen molar-refractivity contribution in [3.05, 3.63) is 70.7 Å². The molecule has 1 aliphatic heterocycles. The number of ether oxygens (including phenoxy) is 1. The second-order valence-electron chi connectivity index (χ2n) is 10.3. The summed E-state index contributed by atoms with van der Waals surface area (Å²) >= 11 is 0. The van der Waals surface area contributed by atoms with Crippen molar-refractivity contribution in [1.29, 1.82) is 0 Å². The van der Waals surface area contributed by atoms with Crippen molar-refractivity contribution in [2.24, 2.45) is 0 Å². The van der Waals surface area contributed by atoms with E-state index in [-0.39, 0.29) is 60.3 Å². The van der Waals surface area contributed by atoms with E-state index >= 15 is 0 Å². The number of rotatable bonds is 13. The van der Waals surface area contributed by atoms with E-state index in [1.807, 2.05) is 0 Å². The minimum absolute atomic E-state index is 0.00531. The standard InChI is InChI=1S/C29H31F4N4O7P/c1-3-43-28(41)17(2)36-45(42,44-16-29(31,32)33)13-5-12-35-26(39)22-20-6-4-11-34-24(20)25(38)23-21(22)15-37(27(23)40)14-18-7-9-19(30)10-8-18/h4,6-11,17,38H,3,5,12-16H2,1-2H3,(H,35,39)(H,36,42)/t17-,45?/m0/s1. The predicted molar refractivity (Wildman–Crippen MR) is 154 cm³/mol. The Morgan fingerprint density at radius 3 is 2.58 bits per heavy atom. The molecule has 2 atom stereocenters. The van der Waals surface area contributed by atoms with Gasteiger partial charge in [0, 0.05) is 42.9 Å². The van der Waals surface area contributed by atoms with Crippen molar-refractivity contribution in [1.82, 2.24) is 20.3 Å². The average molecular weight is 655 g/mol. The summed E-state index contributed by atoms with van der Waals surface area (Å²) in [5, 5.41) is 16.2. The lowest BCUT2D eigenvalue weighted by molar-refractivity contribution is -0.153. The fraction of sp³-hybridized carbons (Fsp3) is 0.379. The second-order valence-corrected chi connectivity index (χ2v) is 12.6. The Labute approximate surface area is 255 Å². The van der Waals surface area contributed by atoms with Crippen molar-refractivity contribution in [3.63, 3.8) is 0 Å². The highest BCUT2D eigenvalue weighted by Crippen LogP contribution is 2.45. The fourth-order valence-corrected chi connectivity index (χ4v) is 6.85. The molecule has 45 heavy (non-hydrogen) atoms. The van der Waals surface area contributed by atoms with E-state index in [1.165, 1.54) is 49.2 Å². The molecule has 1 unspecified atom stereocenters. The second kappa shape index (κ2) is 13.9. The molecule has 16 heteroatoms. The molecule has 2 amide bonds. The number of phenols is 1. The van der Waals surface area contributed by atoms with Crippen LogP contribution in [0, 0.1) is 5.82 Å². The molecule has 2 heterocycles. The van der Waals surface area contributed by atoms with Crippen molar-refractivity contribution in [3.8, 4) is 5.75 Å². The molecule has 2 aromatic carbocycles. The van der Waals surface area contributed by atoms with Crippen LogP contribution in [-0.2, 0) is 31.7 Å². The number of carbonyl (C=O) groups is 3. The minimum Gasteiger partial charge on any atom is -0.505 e. The molecule has 11 nitrogen and oxygen atoms in total. The highest BCUT2D eigenvalue weighted by Gasteiger charge is 2.38. The van der Waals surface area contributed by atoms with Crippen LogP contribution in [0.25, 0.3) is 10.9 Å². The zero-order chi connectivity index (χ0) is 32.9. The van der Waals surface area contributed by atoms with E-state index in [0.29, 0.717) is 5.56 Å². The predicted octanol–water partition coefficient (Wildman–Crippen LogP) is 4.67. The molecule has 3 N–H and O–H groups in total. The fourth-order valence-electron chi connectivity index (χ4n) is 4.89. The molecule has 0 fully saturated rings. The van der Waals surface area contributed by atoms with E-state index in [2.05, 4.69) is 15.4 Å². The van der Waals surface area contributed by atoms with Gasteiger partial charge in [0.05, 0.1) is 17.7 Å². The number of phenolic OH excluding ortho intramolecular Hbond substituents is 1. The third kappa shape index (κ3) is 8.16. The Hall–Kier alpha value is -4.07. The van der Waals surface area contributed by atoms with Crippen LogP contribution in [0.4, 0.5) is 17.6 Å². The van der Waals surface area contributed by atoms with Crippen molar-refractivity contribution >= 4 is 36.2 Å². The summed E-state index contributed by atoms with van der Waals surface area (Å²) in [6.45, 7) is 0.846. The Morgan fingerprint density at radius 2 is 1.91 bits per heavy atom. The van der Waals surface area contributed by atoms with Gasteiger partial charge in [-0.2, -0.15) is 13.2 Å². The van der Waals surface area contributed by atoms with Crippen LogP contribution in [0.3, 0.4) is 0 Å². The average Bonchev–Trinajstić information content (AvgIpc) is 3.30. The third-order valence-electron chi connectivity index (χ3n) is 6.89. The van der Waals surface area contributed by atoms with E-state index in [9.17, 15) is 41.6 Å². The number of carbonyl (C=O) groups excluding carboxylic acids is 3. The first-order valence-corrected chi connectivity index (χ1v) is 15.7. The van der Waals surface area contributed by atoms with Gasteiger partial charge in [0.25, 0.3) is 19.3 Å². The first kappa shape index (κ1) is 33.8. The monoisotopic (exact) mass is 654 g/mol. The number of fused-ring (bicyclic) bond motifs is 2. The number of hydrogen-bond acceptors (Lipinski definition) is 8. The Bertz CT molecular complexity index is 1640. The smallest absolute Gasteiger partial charge is 0.412 e. The summed E-state index contributed by atoms with van der Waals surface area (Å²) in [5.41, 5.74) is 0.832. The third-order valence-corrected chi connectivity index (χ3v) is 9.12. The van der Waals surface area contributed by atoms with Gasteiger partial charge in [0.2, 0.25) is 0 Å². The number of hydrogen-bond donors (Lipinski definition) is 3. The van der Waals surface area contributed by atoms with Gasteiger partial charge in [-0.25, -0.2) is 9.48 Å². The summed E-state index contributed by atoms with van der Waals surface area (Å²) in [5.74, 6) is -2.89. The number of alkyl halides is 3. The Morgan fingerprint density at radius 1 is 1.20 bits per heavy atom. The van der Waals surface area contributed by atoms with E-state index in [1.54, 1.807) is 12.1 Å². The first-order chi connectivity index (χ1) is 21.2.